The van der Waals surface area contributed by atoms with Crippen molar-refractivity contribution in [2.45, 2.75) is 166 Å². The van der Waals surface area contributed by atoms with Gasteiger partial charge in [-0.1, -0.05) is 114 Å². The molecular formula is C65H98N18O15. The monoisotopic (exact) mass is 1370 g/mol. The molecular weight excluding hydrogens is 1270 g/mol. The molecule has 3 aromatic carbocycles. The van der Waals surface area contributed by atoms with E-state index < -0.39 is 157 Å². The van der Waals surface area contributed by atoms with Crippen LogP contribution in [0.1, 0.15) is 103 Å². The predicted octanol–water partition coefficient (Wildman–Crippen LogP) is -3.57. The molecule has 10 atom stereocenters. The number of phenols is 1. The number of hydrogen-bond donors (Lipinski definition) is 18. The third-order valence-electron chi connectivity index (χ3n) is 14.8. The molecule has 0 aromatic heterocycles. The number of carbonyl (C=O) groups excluding carboxylic acids is 11. The van der Waals surface area contributed by atoms with Gasteiger partial charge in [0.2, 0.25) is 59.1 Å². The average molecular weight is 1370 g/mol. The molecule has 3 aromatic rings. The number of aliphatic carboxylic acids is 1. The zero-order valence-electron chi connectivity index (χ0n) is 56.1. The Bertz CT molecular complexity index is 3200. The smallest absolute Gasteiger partial charge is 0.329 e. The van der Waals surface area contributed by atoms with Gasteiger partial charge in [0.15, 0.2) is 11.9 Å². The number of ether oxygens (including phenoxy) is 1. The minimum Gasteiger partial charge on any atom is -0.508 e. The molecule has 0 spiro atoms. The number of hydrogen-bond acceptors (Lipinski definition) is 18. The minimum atomic E-state index is -1.82. The number of aromatic hydroxyl groups is 1. The van der Waals surface area contributed by atoms with E-state index in [0.717, 1.165) is 0 Å². The van der Waals surface area contributed by atoms with Gasteiger partial charge in [-0.2, -0.15) is 0 Å². The van der Waals surface area contributed by atoms with Crippen molar-refractivity contribution in [2.24, 2.45) is 67.9 Å². The van der Waals surface area contributed by atoms with Crippen molar-refractivity contribution in [1.29, 1.82) is 0 Å². The second-order valence-electron chi connectivity index (χ2n) is 24.7. The van der Waals surface area contributed by atoms with E-state index in [-0.39, 0.29) is 94.0 Å². The first-order valence-electron chi connectivity index (χ1n) is 32.1. The highest BCUT2D eigenvalue weighted by Gasteiger charge is 2.37. The SMILES string of the molecule is CC(C)C[C@H](NC(=O)[C@H](Cc1ccccc1)NC(=O)[C@H](CC(N)=O)NC(=O)[C@@H](N)COC(=O)[C@H](Cc1ccc(O)cc1)NC(=O)[C@@H](NC(=O)[C@H](CCCN=C(N)N)NC(=O)[C@H](Cc1ccccc1)NC(=O)[C@@H](N)CC(C)C)C(C)C)C(=O)N[C@@H](CCCN=C(N)N)C(=O)NCC(=O)O. The lowest BCUT2D eigenvalue weighted by Gasteiger charge is -2.28. The molecule has 0 fully saturated rings. The van der Waals surface area contributed by atoms with Crippen LogP contribution < -0.4 is 88.0 Å². The summed E-state index contributed by atoms with van der Waals surface area (Å²) < 4.78 is 5.52. The third kappa shape index (κ3) is 31.4. The molecule has 0 heterocycles. The summed E-state index contributed by atoms with van der Waals surface area (Å²) in [6.45, 7) is 8.88. The van der Waals surface area contributed by atoms with Crippen molar-refractivity contribution in [3.8, 4) is 5.75 Å². The molecule has 538 valence electrons. The Morgan fingerprint density at radius 2 is 0.847 bits per heavy atom. The van der Waals surface area contributed by atoms with Crippen molar-refractivity contribution in [2.75, 3.05) is 26.2 Å². The third-order valence-corrected chi connectivity index (χ3v) is 14.8. The number of rotatable bonds is 43. The minimum absolute atomic E-state index is 0.00531. The second kappa shape index (κ2) is 42.2. The molecule has 0 radical (unpaired) electrons. The number of carboxylic acid groups (broad SMARTS) is 1. The molecule has 0 saturated carbocycles. The molecule has 33 nitrogen and oxygen atoms in total. The standard InChI is InChI=1S/C65H98N18O15/c1-35(2)27-42(66)54(88)78-47(29-38-15-9-7-10-16-38)59(93)77-45(20-14-26-74-65(71)72)57(91)83-53(37(5)6)62(96)82-50(31-40-21-23-41(84)24-22-40)63(97)98-34-43(67)55(89)79-49(32-51(68)85)61(95)81-48(30-39-17-11-8-12-18-39)60(94)80-46(28-36(3)4)58(92)76-44(19-13-25-73-64(69)70)56(90)75-33-52(86)87/h7-12,15-18,21-24,35-37,42-50,53,84H,13-14,19-20,25-34,66-67H2,1-6H3,(H2,68,85)(H,75,90)(H,76,92)(H,77,93)(H,78,88)(H,79,89)(H,80,94)(H,81,95)(H,82,96)(H,83,91)(H,86,87)(H4,69,70,73)(H4,71,72,74)/t42-,43-,44-,45-,46-,47-,48-,49-,50-,53-/m0/s1. The average Bonchev–Trinajstić information content (AvgIpc) is 0.876. The largest absolute Gasteiger partial charge is 0.508 e. The number of nitrogens with zero attached hydrogens (tertiary/aromatic N) is 2. The highest BCUT2D eigenvalue weighted by atomic mass is 16.5. The first-order valence-corrected chi connectivity index (χ1v) is 32.1. The summed E-state index contributed by atoms with van der Waals surface area (Å²) in [4.78, 5) is 172. The predicted molar refractivity (Wildman–Crippen MR) is 362 cm³/mol. The summed E-state index contributed by atoms with van der Waals surface area (Å²) in [5.41, 5.74) is 41.5. The summed E-state index contributed by atoms with van der Waals surface area (Å²) >= 11 is 0. The van der Waals surface area contributed by atoms with E-state index in [9.17, 15) is 67.7 Å². The molecule has 0 aliphatic carbocycles. The van der Waals surface area contributed by atoms with Gasteiger partial charge in [-0.05, 0) is 85.1 Å². The topological polar surface area (TPSA) is 570 Å². The van der Waals surface area contributed by atoms with Crippen LogP contribution in [0.25, 0.3) is 0 Å². The van der Waals surface area contributed by atoms with Gasteiger partial charge in [0, 0.05) is 32.4 Å². The zero-order chi connectivity index (χ0) is 73.2. The van der Waals surface area contributed by atoms with E-state index in [1.165, 1.54) is 24.3 Å². The lowest BCUT2D eigenvalue weighted by molar-refractivity contribution is -0.149. The van der Waals surface area contributed by atoms with Gasteiger partial charge in [0.05, 0.1) is 12.5 Å². The van der Waals surface area contributed by atoms with Crippen LogP contribution in [-0.2, 0) is 81.5 Å². The molecule has 25 N–H and O–H groups in total. The molecule has 33 heteroatoms. The first kappa shape index (κ1) is 81.8. The number of benzene rings is 3. The normalized spacial score (nSPS) is 14.1. The fourth-order valence-corrected chi connectivity index (χ4v) is 9.78. The van der Waals surface area contributed by atoms with E-state index in [0.29, 0.717) is 23.1 Å². The van der Waals surface area contributed by atoms with Gasteiger partial charge >= 0.3 is 11.9 Å². The van der Waals surface area contributed by atoms with E-state index in [2.05, 4.69) is 57.8 Å². The summed E-state index contributed by atoms with van der Waals surface area (Å²) in [5, 5.41) is 42.2. The maximum atomic E-state index is 14.4. The Kier molecular flexibility index (Phi) is 35.2. The van der Waals surface area contributed by atoms with Crippen LogP contribution in [0, 0.1) is 17.8 Å². The fraction of sp³-hybridized carbons (Fsp3) is 0.508. The number of guanidine groups is 2. The number of primary amides is 1. The van der Waals surface area contributed by atoms with Gasteiger partial charge < -0.3 is 103 Å². The Balaban J connectivity index is 1.90. The Morgan fingerprint density at radius 1 is 0.449 bits per heavy atom. The van der Waals surface area contributed by atoms with Crippen LogP contribution in [0.3, 0.4) is 0 Å². The fourth-order valence-electron chi connectivity index (χ4n) is 9.78. The Labute approximate surface area is 568 Å². The number of nitrogens with one attached hydrogen (secondary N) is 9. The van der Waals surface area contributed by atoms with Crippen LogP contribution >= 0.6 is 0 Å². The summed E-state index contributed by atoms with van der Waals surface area (Å²) in [6.07, 6.45) is -0.840. The molecule has 10 amide bonds. The highest BCUT2D eigenvalue weighted by Crippen LogP contribution is 2.16. The van der Waals surface area contributed by atoms with E-state index in [4.69, 9.17) is 44.9 Å². The van der Waals surface area contributed by atoms with E-state index in [1.807, 2.05) is 13.8 Å². The van der Waals surface area contributed by atoms with Crippen LogP contribution in [0.15, 0.2) is 94.9 Å². The summed E-state index contributed by atoms with van der Waals surface area (Å²) in [6, 6.07) is 8.30. The van der Waals surface area contributed by atoms with Crippen LogP contribution in [0.5, 0.6) is 5.75 Å². The number of esters is 1. The Morgan fingerprint density at radius 3 is 1.32 bits per heavy atom. The van der Waals surface area contributed by atoms with Crippen molar-refractivity contribution in [3.63, 3.8) is 0 Å². The van der Waals surface area contributed by atoms with Crippen molar-refractivity contribution >= 4 is 82.9 Å². The zero-order valence-corrected chi connectivity index (χ0v) is 56.1. The second-order valence-corrected chi connectivity index (χ2v) is 24.7. The molecule has 98 heavy (non-hydrogen) atoms. The number of carboxylic acids is 1. The summed E-state index contributed by atoms with van der Waals surface area (Å²) in [7, 11) is 0. The number of carbonyl (C=O) groups is 12. The van der Waals surface area contributed by atoms with Crippen LogP contribution in [0.4, 0.5) is 0 Å². The maximum Gasteiger partial charge on any atom is 0.329 e. The number of phenolic OH excluding ortho intramolecular Hbond substituents is 1. The van der Waals surface area contributed by atoms with Gasteiger partial charge in [0.25, 0.3) is 0 Å². The molecule has 0 unspecified atom stereocenters. The molecule has 0 aliphatic heterocycles. The van der Waals surface area contributed by atoms with Crippen molar-refractivity contribution in [3.05, 3.63) is 102 Å². The lowest BCUT2D eigenvalue weighted by Crippen LogP contribution is -2.60. The Hall–Kier alpha value is -10.4. The highest BCUT2D eigenvalue weighted by molar-refractivity contribution is 5.99. The molecule has 3 rings (SSSR count). The van der Waals surface area contributed by atoms with Gasteiger partial charge in [-0.25, -0.2) is 4.79 Å². The van der Waals surface area contributed by atoms with Crippen LogP contribution in [-0.4, -0.2) is 180 Å². The van der Waals surface area contributed by atoms with Gasteiger partial charge in [0.1, 0.15) is 73.3 Å². The first-order chi connectivity index (χ1) is 46.2. The number of aliphatic imine (C=N–C) groups is 2. The number of amides is 10. The van der Waals surface area contributed by atoms with Gasteiger partial charge in [-0.15, -0.1) is 0 Å². The lowest BCUT2D eigenvalue weighted by atomic mass is 9.99. The summed E-state index contributed by atoms with van der Waals surface area (Å²) in [5.74, 6) is -13.1. The quantitative estimate of drug-likeness (QED) is 0.0113. The van der Waals surface area contributed by atoms with Crippen molar-refractivity contribution < 1.29 is 72.5 Å². The maximum absolute atomic E-state index is 14.4. The molecule has 0 saturated heterocycles. The van der Waals surface area contributed by atoms with E-state index >= 15 is 0 Å². The molecule has 0 bridgehead atoms. The number of nitrogens with two attached hydrogens (primary N) is 7. The molecule has 0 aliphatic rings. The van der Waals surface area contributed by atoms with E-state index in [1.54, 1.807) is 88.4 Å². The van der Waals surface area contributed by atoms with Gasteiger partial charge in [-0.3, -0.25) is 62.7 Å². The van der Waals surface area contributed by atoms with Crippen molar-refractivity contribution in [1.82, 2.24) is 47.9 Å². The van der Waals surface area contributed by atoms with Crippen LogP contribution in [0.2, 0.25) is 0 Å².